The number of thiophene rings is 1. The SMILES string of the molecule is COC(=O)c1cc2cccc(Oc3ccc(C)cc3)c2s1. The highest BCUT2D eigenvalue weighted by molar-refractivity contribution is 7.21. The predicted molar refractivity (Wildman–Crippen MR) is 84.4 cm³/mol. The van der Waals surface area contributed by atoms with Crippen molar-refractivity contribution in [2.45, 2.75) is 6.92 Å². The highest BCUT2D eigenvalue weighted by Gasteiger charge is 2.13. The zero-order valence-electron chi connectivity index (χ0n) is 11.8. The van der Waals surface area contributed by atoms with Crippen LogP contribution in [0, 0.1) is 6.92 Å². The average Bonchev–Trinajstić information content (AvgIpc) is 2.94. The van der Waals surface area contributed by atoms with Gasteiger partial charge in [0.1, 0.15) is 16.4 Å². The minimum Gasteiger partial charge on any atom is -0.465 e. The summed E-state index contributed by atoms with van der Waals surface area (Å²) in [5.74, 6) is 1.20. The first kappa shape index (κ1) is 13.6. The second-order valence-corrected chi connectivity index (χ2v) is 5.74. The molecule has 0 atom stereocenters. The summed E-state index contributed by atoms with van der Waals surface area (Å²) in [4.78, 5) is 12.2. The van der Waals surface area contributed by atoms with E-state index in [1.807, 2.05) is 55.5 Å². The summed E-state index contributed by atoms with van der Waals surface area (Å²) in [6.45, 7) is 2.03. The lowest BCUT2D eigenvalue weighted by molar-refractivity contribution is 0.0606. The lowest BCUT2D eigenvalue weighted by Gasteiger charge is -2.06. The Morgan fingerprint density at radius 1 is 1.10 bits per heavy atom. The molecular weight excluding hydrogens is 284 g/mol. The normalized spacial score (nSPS) is 10.6. The number of ether oxygens (including phenoxy) is 2. The molecular formula is C17H14O3S. The summed E-state index contributed by atoms with van der Waals surface area (Å²) in [7, 11) is 1.39. The molecule has 0 saturated carbocycles. The van der Waals surface area contributed by atoms with Gasteiger partial charge in [0.05, 0.1) is 11.8 Å². The third-order valence-corrected chi connectivity index (χ3v) is 4.29. The van der Waals surface area contributed by atoms with Gasteiger partial charge in [-0.15, -0.1) is 11.3 Å². The zero-order valence-corrected chi connectivity index (χ0v) is 12.6. The smallest absolute Gasteiger partial charge is 0.348 e. The van der Waals surface area contributed by atoms with E-state index in [1.54, 1.807) is 0 Å². The van der Waals surface area contributed by atoms with E-state index in [0.29, 0.717) is 4.88 Å². The molecule has 0 amide bonds. The van der Waals surface area contributed by atoms with E-state index in [4.69, 9.17) is 9.47 Å². The molecule has 0 aliphatic heterocycles. The fourth-order valence-corrected chi connectivity index (χ4v) is 3.08. The molecule has 0 unspecified atom stereocenters. The van der Waals surface area contributed by atoms with Crippen LogP contribution in [-0.2, 0) is 4.74 Å². The molecule has 0 radical (unpaired) electrons. The van der Waals surface area contributed by atoms with Crippen molar-refractivity contribution in [2.75, 3.05) is 7.11 Å². The maximum Gasteiger partial charge on any atom is 0.348 e. The van der Waals surface area contributed by atoms with Gasteiger partial charge in [-0.05, 0) is 36.6 Å². The molecule has 3 nitrogen and oxygen atoms in total. The molecule has 21 heavy (non-hydrogen) atoms. The van der Waals surface area contributed by atoms with Gasteiger partial charge in [-0.3, -0.25) is 0 Å². The first-order chi connectivity index (χ1) is 10.2. The van der Waals surface area contributed by atoms with Gasteiger partial charge in [-0.2, -0.15) is 0 Å². The number of hydrogen-bond donors (Lipinski definition) is 0. The standard InChI is InChI=1S/C17H14O3S/c1-11-6-8-13(9-7-11)20-14-5-3-4-12-10-15(17(18)19-2)21-16(12)14/h3-10H,1-2H3. The number of fused-ring (bicyclic) bond motifs is 1. The number of esters is 1. The van der Waals surface area contributed by atoms with Crippen molar-refractivity contribution in [2.24, 2.45) is 0 Å². The summed E-state index contributed by atoms with van der Waals surface area (Å²) in [5, 5.41) is 0.977. The van der Waals surface area contributed by atoms with Gasteiger partial charge in [0, 0.05) is 0 Å². The molecule has 0 spiro atoms. The van der Waals surface area contributed by atoms with Crippen molar-refractivity contribution in [1.29, 1.82) is 0 Å². The molecule has 0 N–H and O–H groups in total. The molecule has 0 aliphatic carbocycles. The van der Waals surface area contributed by atoms with E-state index in [2.05, 4.69) is 0 Å². The number of carbonyl (C=O) groups excluding carboxylic acids is 1. The van der Waals surface area contributed by atoms with E-state index in [1.165, 1.54) is 24.0 Å². The average molecular weight is 298 g/mol. The summed E-state index contributed by atoms with van der Waals surface area (Å²) in [6, 6.07) is 15.5. The monoisotopic (exact) mass is 298 g/mol. The number of hydrogen-bond acceptors (Lipinski definition) is 4. The number of rotatable bonds is 3. The minimum absolute atomic E-state index is 0.322. The van der Waals surface area contributed by atoms with Crippen LogP contribution in [0.1, 0.15) is 15.2 Å². The van der Waals surface area contributed by atoms with Gasteiger partial charge in [-0.25, -0.2) is 4.79 Å². The predicted octanol–water partition coefficient (Wildman–Crippen LogP) is 4.79. The van der Waals surface area contributed by atoms with Crippen molar-refractivity contribution in [1.82, 2.24) is 0 Å². The molecule has 0 fully saturated rings. The number of methoxy groups -OCH3 is 1. The van der Waals surface area contributed by atoms with Crippen LogP contribution in [0.2, 0.25) is 0 Å². The van der Waals surface area contributed by atoms with E-state index in [0.717, 1.165) is 21.6 Å². The third-order valence-electron chi connectivity index (χ3n) is 3.14. The van der Waals surface area contributed by atoms with E-state index < -0.39 is 0 Å². The fraction of sp³-hybridized carbons (Fsp3) is 0.118. The molecule has 0 aliphatic rings. The molecule has 3 rings (SSSR count). The van der Waals surface area contributed by atoms with Crippen molar-refractivity contribution in [3.8, 4) is 11.5 Å². The van der Waals surface area contributed by atoms with Gasteiger partial charge in [0.15, 0.2) is 0 Å². The molecule has 0 saturated heterocycles. The molecule has 106 valence electrons. The van der Waals surface area contributed by atoms with Gasteiger partial charge in [0.25, 0.3) is 0 Å². The number of aryl methyl sites for hydroxylation is 1. The van der Waals surface area contributed by atoms with Crippen molar-refractivity contribution < 1.29 is 14.3 Å². The number of benzene rings is 2. The van der Waals surface area contributed by atoms with Gasteiger partial charge < -0.3 is 9.47 Å². The van der Waals surface area contributed by atoms with Crippen LogP contribution in [0.3, 0.4) is 0 Å². The molecule has 0 bridgehead atoms. The van der Waals surface area contributed by atoms with Crippen LogP contribution in [0.5, 0.6) is 11.5 Å². The van der Waals surface area contributed by atoms with E-state index >= 15 is 0 Å². The van der Waals surface area contributed by atoms with Gasteiger partial charge in [0.2, 0.25) is 0 Å². The molecule has 4 heteroatoms. The van der Waals surface area contributed by atoms with Crippen LogP contribution in [-0.4, -0.2) is 13.1 Å². The van der Waals surface area contributed by atoms with Crippen LogP contribution < -0.4 is 4.74 Å². The Morgan fingerprint density at radius 2 is 1.86 bits per heavy atom. The van der Waals surface area contributed by atoms with E-state index in [9.17, 15) is 4.79 Å². The maximum absolute atomic E-state index is 11.6. The number of carbonyl (C=O) groups is 1. The Bertz CT molecular complexity index is 787. The second-order valence-electron chi connectivity index (χ2n) is 4.69. The highest BCUT2D eigenvalue weighted by Crippen LogP contribution is 2.36. The Balaban J connectivity index is 2.00. The Hall–Kier alpha value is -2.33. The lowest BCUT2D eigenvalue weighted by atomic mass is 10.2. The van der Waals surface area contributed by atoms with Crippen molar-refractivity contribution in [3.05, 3.63) is 59.0 Å². The largest absolute Gasteiger partial charge is 0.465 e. The zero-order chi connectivity index (χ0) is 14.8. The third kappa shape index (κ3) is 2.76. The summed E-state index contributed by atoms with van der Waals surface area (Å²) in [6.07, 6.45) is 0. The fourth-order valence-electron chi connectivity index (χ4n) is 2.05. The molecule has 1 aromatic heterocycles. The van der Waals surface area contributed by atoms with Crippen LogP contribution in [0.4, 0.5) is 0 Å². The summed E-state index contributed by atoms with van der Waals surface area (Å²) in [5.41, 5.74) is 1.18. The molecule has 1 heterocycles. The Morgan fingerprint density at radius 3 is 2.57 bits per heavy atom. The summed E-state index contributed by atoms with van der Waals surface area (Å²) >= 11 is 1.38. The summed E-state index contributed by atoms with van der Waals surface area (Å²) < 4.78 is 11.6. The van der Waals surface area contributed by atoms with Crippen LogP contribution in [0.15, 0.2) is 48.5 Å². The van der Waals surface area contributed by atoms with Crippen molar-refractivity contribution >= 4 is 27.4 Å². The molecule has 2 aromatic carbocycles. The first-order valence-electron chi connectivity index (χ1n) is 6.53. The van der Waals surface area contributed by atoms with Crippen molar-refractivity contribution in [3.63, 3.8) is 0 Å². The second kappa shape index (κ2) is 5.58. The van der Waals surface area contributed by atoms with E-state index in [-0.39, 0.29) is 5.97 Å². The maximum atomic E-state index is 11.6. The minimum atomic E-state index is -0.322. The lowest BCUT2D eigenvalue weighted by Crippen LogP contribution is -1.96. The van der Waals surface area contributed by atoms with Gasteiger partial charge >= 0.3 is 5.97 Å². The Labute approximate surface area is 126 Å². The molecule has 3 aromatic rings. The van der Waals surface area contributed by atoms with Gasteiger partial charge in [-0.1, -0.05) is 29.8 Å². The highest BCUT2D eigenvalue weighted by atomic mass is 32.1. The Kier molecular flexibility index (Phi) is 3.62. The van der Waals surface area contributed by atoms with Crippen LogP contribution in [0.25, 0.3) is 10.1 Å². The topological polar surface area (TPSA) is 35.5 Å². The quantitative estimate of drug-likeness (QED) is 0.652. The first-order valence-corrected chi connectivity index (χ1v) is 7.34. The van der Waals surface area contributed by atoms with Crippen LogP contribution >= 0.6 is 11.3 Å².